The summed E-state index contributed by atoms with van der Waals surface area (Å²) in [6, 6.07) is 14.7. The van der Waals surface area contributed by atoms with Gasteiger partial charge in [0.1, 0.15) is 12.2 Å². The molecule has 25 heavy (non-hydrogen) atoms. The van der Waals surface area contributed by atoms with Crippen LogP contribution in [0.4, 0.5) is 5.69 Å². The van der Waals surface area contributed by atoms with Crippen molar-refractivity contribution in [2.75, 3.05) is 5.32 Å². The van der Waals surface area contributed by atoms with Gasteiger partial charge in [-0.25, -0.2) is 4.68 Å². The van der Waals surface area contributed by atoms with Crippen LogP contribution in [0.25, 0.3) is 11.3 Å². The average molecular weight is 335 g/mol. The molecule has 3 N–H and O–H groups in total. The Morgan fingerprint density at radius 1 is 1.16 bits per heavy atom. The first kappa shape index (κ1) is 16.4. The van der Waals surface area contributed by atoms with Crippen molar-refractivity contribution < 1.29 is 9.59 Å². The molecule has 2 amide bonds. The number of hydrogen-bond donors (Lipinski definition) is 2. The number of aryl methyl sites for hydroxylation is 1. The van der Waals surface area contributed by atoms with Gasteiger partial charge >= 0.3 is 0 Å². The number of aromatic nitrogens is 3. The lowest BCUT2D eigenvalue weighted by atomic mass is 10.0. The number of nitrogens with zero attached hydrogens (tertiary/aromatic N) is 3. The Balaban J connectivity index is 1.86. The van der Waals surface area contributed by atoms with Gasteiger partial charge in [0.05, 0.1) is 6.20 Å². The maximum absolute atomic E-state index is 12.6. The molecule has 0 atom stereocenters. The van der Waals surface area contributed by atoms with Gasteiger partial charge in [-0.3, -0.25) is 9.59 Å². The van der Waals surface area contributed by atoms with Gasteiger partial charge < -0.3 is 11.1 Å². The number of nitrogens with two attached hydrogens (primary N) is 1. The second kappa shape index (κ2) is 6.96. The van der Waals surface area contributed by atoms with Crippen LogP contribution >= 0.6 is 0 Å². The van der Waals surface area contributed by atoms with Crippen molar-refractivity contribution in [3.8, 4) is 11.3 Å². The molecule has 2 aromatic carbocycles. The molecule has 0 saturated heterocycles. The number of benzene rings is 2. The molecule has 0 radical (unpaired) electrons. The molecular weight excluding hydrogens is 318 g/mol. The molecule has 0 spiro atoms. The lowest BCUT2D eigenvalue weighted by molar-refractivity contribution is -0.118. The molecule has 0 aliphatic carbocycles. The van der Waals surface area contributed by atoms with Crippen molar-refractivity contribution in [3.05, 3.63) is 65.9 Å². The van der Waals surface area contributed by atoms with Crippen LogP contribution in [0.5, 0.6) is 0 Å². The van der Waals surface area contributed by atoms with Crippen molar-refractivity contribution in [1.29, 1.82) is 0 Å². The molecule has 3 aromatic rings. The van der Waals surface area contributed by atoms with Gasteiger partial charge in [-0.05, 0) is 30.7 Å². The van der Waals surface area contributed by atoms with E-state index in [1.165, 1.54) is 4.68 Å². The van der Waals surface area contributed by atoms with Crippen molar-refractivity contribution in [2.45, 2.75) is 13.5 Å². The number of anilines is 1. The highest BCUT2D eigenvalue weighted by atomic mass is 16.2. The minimum atomic E-state index is -0.497. The van der Waals surface area contributed by atoms with E-state index in [4.69, 9.17) is 5.73 Å². The summed E-state index contributed by atoms with van der Waals surface area (Å²) < 4.78 is 1.36. The fraction of sp³-hybridized carbons (Fsp3) is 0.111. The van der Waals surface area contributed by atoms with Crippen molar-refractivity contribution in [3.63, 3.8) is 0 Å². The first-order valence-corrected chi connectivity index (χ1v) is 7.69. The van der Waals surface area contributed by atoms with Gasteiger partial charge in [-0.2, -0.15) is 0 Å². The molecule has 0 unspecified atom stereocenters. The second-order valence-electron chi connectivity index (χ2n) is 5.62. The standard InChI is InChI=1S/C18H17N5O2/c1-12-7-8-13(16-10-23(22-21-16)11-17(19)24)9-15(12)18(25)20-14-5-3-2-4-6-14/h2-10H,11H2,1H3,(H2,19,24)(H,20,25). The molecular formula is C18H17N5O2. The van der Waals surface area contributed by atoms with E-state index in [0.29, 0.717) is 11.3 Å². The minimum absolute atomic E-state index is 0.0415. The normalized spacial score (nSPS) is 10.4. The quantitative estimate of drug-likeness (QED) is 0.744. The number of para-hydroxylation sites is 1. The summed E-state index contributed by atoms with van der Waals surface area (Å²) in [4.78, 5) is 23.5. The number of primary amides is 1. The van der Waals surface area contributed by atoms with Crippen LogP contribution in [0.1, 0.15) is 15.9 Å². The van der Waals surface area contributed by atoms with Crippen molar-refractivity contribution in [2.24, 2.45) is 5.73 Å². The van der Waals surface area contributed by atoms with E-state index in [0.717, 1.165) is 16.8 Å². The SMILES string of the molecule is Cc1ccc(-c2cn(CC(N)=O)nn2)cc1C(=O)Nc1ccccc1. The van der Waals surface area contributed by atoms with Crippen LogP contribution in [0.15, 0.2) is 54.7 Å². The van der Waals surface area contributed by atoms with Gasteiger partial charge in [0, 0.05) is 16.8 Å². The summed E-state index contributed by atoms with van der Waals surface area (Å²) >= 11 is 0. The average Bonchev–Trinajstić information content (AvgIpc) is 3.03. The fourth-order valence-corrected chi connectivity index (χ4v) is 2.41. The third-order valence-electron chi connectivity index (χ3n) is 3.67. The maximum atomic E-state index is 12.6. The summed E-state index contributed by atoms with van der Waals surface area (Å²) in [7, 11) is 0. The Bertz CT molecular complexity index is 918. The van der Waals surface area contributed by atoms with Crippen LogP contribution in [-0.2, 0) is 11.3 Å². The van der Waals surface area contributed by atoms with E-state index in [1.807, 2.05) is 49.4 Å². The predicted octanol–water partition coefficient (Wildman–Crippen LogP) is 1.99. The van der Waals surface area contributed by atoms with Gasteiger partial charge in [0.2, 0.25) is 5.91 Å². The molecule has 126 valence electrons. The van der Waals surface area contributed by atoms with E-state index >= 15 is 0 Å². The number of carbonyl (C=O) groups excluding carboxylic acids is 2. The molecule has 0 bridgehead atoms. The summed E-state index contributed by atoms with van der Waals surface area (Å²) in [5.74, 6) is -0.696. The number of carbonyl (C=O) groups is 2. The van der Waals surface area contributed by atoms with Gasteiger partial charge in [0.15, 0.2) is 0 Å². The molecule has 7 heteroatoms. The summed E-state index contributed by atoms with van der Waals surface area (Å²) in [6.07, 6.45) is 1.62. The number of hydrogen-bond acceptors (Lipinski definition) is 4. The Morgan fingerprint density at radius 2 is 1.92 bits per heavy atom. The van der Waals surface area contributed by atoms with Gasteiger partial charge in [-0.1, -0.05) is 35.5 Å². The van der Waals surface area contributed by atoms with Crippen LogP contribution in [0.3, 0.4) is 0 Å². The monoisotopic (exact) mass is 335 g/mol. The Kier molecular flexibility index (Phi) is 4.56. The molecule has 0 aliphatic rings. The molecule has 0 saturated carbocycles. The van der Waals surface area contributed by atoms with E-state index in [2.05, 4.69) is 15.6 Å². The first-order chi connectivity index (χ1) is 12.0. The molecule has 0 fully saturated rings. The second-order valence-corrected chi connectivity index (χ2v) is 5.62. The van der Waals surface area contributed by atoms with Gasteiger partial charge in [0.25, 0.3) is 5.91 Å². The third kappa shape index (κ3) is 3.89. The summed E-state index contributed by atoms with van der Waals surface area (Å²) in [6.45, 7) is 1.83. The molecule has 0 aliphatic heterocycles. The molecule has 1 aromatic heterocycles. The van der Waals surface area contributed by atoms with Crippen LogP contribution in [-0.4, -0.2) is 26.8 Å². The number of amides is 2. The summed E-state index contributed by atoms with van der Waals surface area (Å²) in [5, 5.41) is 10.8. The molecule has 7 nitrogen and oxygen atoms in total. The highest BCUT2D eigenvalue weighted by molar-refractivity contribution is 6.05. The molecule has 1 heterocycles. The molecule has 3 rings (SSSR count). The van der Waals surface area contributed by atoms with Crippen molar-refractivity contribution in [1.82, 2.24) is 15.0 Å². The zero-order chi connectivity index (χ0) is 17.8. The predicted molar refractivity (Wildman–Crippen MR) is 93.8 cm³/mol. The van der Waals surface area contributed by atoms with Crippen molar-refractivity contribution >= 4 is 17.5 Å². The van der Waals surface area contributed by atoms with E-state index in [-0.39, 0.29) is 12.5 Å². The maximum Gasteiger partial charge on any atom is 0.255 e. The fourth-order valence-electron chi connectivity index (χ4n) is 2.41. The lowest BCUT2D eigenvalue weighted by Gasteiger charge is -2.09. The highest BCUT2D eigenvalue weighted by Gasteiger charge is 2.13. The third-order valence-corrected chi connectivity index (χ3v) is 3.67. The summed E-state index contributed by atoms with van der Waals surface area (Å²) in [5.41, 5.74) is 8.57. The first-order valence-electron chi connectivity index (χ1n) is 7.69. The number of rotatable bonds is 5. The highest BCUT2D eigenvalue weighted by Crippen LogP contribution is 2.21. The largest absolute Gasteiger partial charge is 0.368 e. The lowest BCUT2D eigenvalue weighted by Crippen LogP contribution is -2.18. The Labute approximate surface area is 144 Å². The topological polar surface area (TPSA) is 103 Å². The van der Waals surface area contributed by atoms with E-state index < -0.39 is 5.91 Å². The number of nitrogens with one attached hydrogen (secondary N) is 1. The Hall–Kier alpha value is -3.48. The van der Waals surface area contributed by atoms with Gasteiger partial charge in [-0.15, -0.1) is 5.10 Å². The van der Waals surface area contributed by atoms with Crippen LogP contribution in [0.2, 0.25) is 0 Å². The minimum Gasteiger partial charge on any atom is -0.368 e. The smallest absolute Gasteiger partial charge is 0.255 e. The van der Waals surface area contributed by atoms with E-state index in [9.17, 15) is 9.59 Å². The Morgan fingerprint density at radius 3 is 2.64 bits per heavy atom. The van der Waals surface area contributed by atoms with Crippen LogP contribution < -0.4 is 11.1 Å². The van der Waals surface area contributed by atoms with E-state index in [1.54, 1.807) is 12.3 Å². The van der Waals surface area contributed by atoms with Crippen LogP contribution in [0, 0.1) is 6.92 Å². The zero-order valence-corrected chi connectivity index (χ0v) is 13.6. The zero-order valence-electron chi connectivity index (χ0n) is 13.6.